The van der Waals surface area contributed by atoms with Crippen LogP contribution < -0.4 is 5.32 Å². The minimum Gasteiger partial charge on any atom is -0.326 e. The summed E-state index contributed by atoms with van der Waals surface area (Å²) in [5, 5.41) is 26.3. The maximum absolute atomic E-state index is 12.5. The van der Waals surface area contributed by atoms with Gasteiger partial charge in [-0.3, -0.25) is 9.59 Å². The number of amides is 1. The second-order valence-electron chi connectivity index (χ2n) is 5.75. The Morgan fingerprint density at radius 1 is 1.43 bits per heavy atom. The highest BCUT2D eigenvalue weighted by Crippen LogP contribution is 2.25. The minimum atomic E-state index is -0.904. The molecule has 142 valence electrons. The fourth-order valence-electron chi connectivity index (χ4n) is 2.34. The number of ketones is 1. The molecule has 3 rings (SSSR count). The molecule has 2 heterocycles. The van der Waals surface area contributed by atoms with E-state index in [0.29, 0.717) is 21.5 Å². The topological polar surface area (TPSA) is 126 Å². The van der Waals surface area contributed by atoms with Crippen LogP contribution >= 0.6 is 23.1 Å². The zero-order valence-corrected chi connectivity index (χ0v) is 16.6. The van der Waals surface area contributed by atoms with Gasteiger partial charge in [0.15, 0.2) is 11.7 Å². The van der Waals surface area contributed by atoms with Crippen molar-refractivity contribution in [1.82, 2.24) is 25.2 Å². The van der Waals surface area contributed by atoms with Gasteiger partial charge in [-0.1, -0.05) is 17.8 Å². The summed E-state index contributed by atoms with van der Waals surface area (Å²) in [6, 6.07) is 9.04. The molecule has 0 aliphatic carbocycles. The number of carbonyl (C=O) groups is 2. The number of nitrogens with zero attached hydrogens (tertiary/aromatic N) is 6. The van der Waals surface area contributed by atoms with Gasteiger partial charge in [-0.15, -0.1) is 16.4 Å². The number of rotatable bonds is 7. The van der Waals surface area contributed by atoms with Crippen molar-refractivity contribution < 1.29 is 9.59 Å². The number of benzene rings is 1. The van der Waals surface area contributed by atoms with Crippen LogP contribution in [0.15, 0.2) is 34.8 Å². The van der Waals surface area contributed by atoms with E-state index >= 15 is 0 Å². The van der Waals surface area contributed by atoms with E-state index < -0.39 is 5.92 Å². The summed E-state index contributed by atoms with van der Waals surface area (Å²) in [5.74, 6) is -1.32. The van der Waals surface area contributed by atoms with E-state index in [0.717, 1.165) is 17.5 Å². The predicted octanol–water partition coefficient (Wildman–Crippen LogP) is 2.35. The highest BCUT2D eigenvalue weighted by Gasteiger charge is 2.24. The molecule has 0 fully saturated rings. The first-order valence-electron chi connectivity index (χ1n) is 8.11. The zero-order valence-electron chi connectivity index (χ0n) is 15.0. The summed E-state index contributed by atoms with van der Waals surface area (Å²) in [5.41, 5.74) is 2.03. The Morgan fingerprint density at radius 3 is 2.93 bits per heavy atom. The summed E-state index contributed by atoms with van der Waals surface area (Å²) in [6.45, 7) is 3.24. The highest BCUT2D eigenvalue weighted by molar-refractivity contribution is 7.99. The van der Waals surface area contributed by atoms with Crippen LogP contribution in [-0.2, 0) is 9.59 Å². The van der Waals surface area contributed by atoms with Gasteiger partial charge in [0.1, 0.15) is 5.01 Å². The van der Waals surface area contributed by atoms with Crippen molar-refractivity contribution >= 4 is 40.5 Å². The van der Waals surface area contributed by atoms with Crippen LogP contribution in [0.3, 0.4) is 0 Å². The number of aryl methyl sites for hydroxylation is 1. The van der Waals surface area contributed by atoms with Gasteiger partial charge >= 0.3 is 0 Å². The lowest BCUT2D eigenvalue weighted by atomic mass is 10.1. The van der Waals surface area contributed by atoms with Crippen LogP contribution in [0, 0.1) is 18.3 Å². The first-order chi connectivity index (χ1) is 13.5. The van der Waals surface area contributed by atoms with Gasteiger partial charge in [-0.05, 0) is 35.5 Å². The van der Waals surface area contributed by atoms with Gasteiger partial charge in [-0.2, -0.15) is 9.94 Å². The number of thiazole rings is 1. The molecule has 1 amide bonds. The second-order valence-corrected chi connectivity index (χ2v) is 7.58. The van der Waals surface area contributed by atoms with E-state index in [4.69, 9.17) is 0 Å². The molecule has 2 aromatic heterocycles. The van der Waals surface area contributed by atoms with E-state index in [1.165, 1.54) is 22.9 Å². The Labute approximate surface area is 168 Å². The second kappa shape index (κ2) is 8.73. The van der Waals surface area contributed by atoms with Gasteiger partial charge in [0.2, 0.25) is 11.1 Å². The summed E-state index contributed by atoms with van der Waals surface area (Å²) >= 11 is 2.43. The molecule has 0 saturated carbocycles. The van der Waals surface area contributed by atoms with Crippen LogP contribution in [0.25, 0.3) is 5.69 Å². The lowest BCUT2D eigenvalue weighted by molar-refractivity contribution is -0.117. The zero-order chi connectivity index (χ0) is 20.1. The van der Waals surface area contributed by atoms with Gasteiger partial charge in [0.25, 0.3) is 0 Å². The SMILES string of the molecule is CC(=O)Nc1cccc(-n2nnnc2SCC(=O)C(C#N)c2nc(C)cs2)c1. The Hall–Kier alpha value is -3.10. The van der Waals surface area contributed by atoms with Crippen LogP contribution in [0.5, 0.6) is 0 Å². The van der Waals surface area contributed by atoms with Gasteiger partial charge in [-0.25, -0.2) is 4.98 Å². The molecular weight excluding hydrogens is 398 g/mol. The molecule has 11 heteroatoms. The van der Waals surface area contributed by atoms with Gasteiger partial charge in [0.05, 0.1) is 17.5 Å². The Balaban J connectivity index is 1.73. The number of hydrogen-bond acceptors (Lipinski definition) is 9. The number of Topliss-reactive ketones (excluding diaryl/α,β-unsaturated/α-hetero) is 1. The molecule has 0 radical (unpaired) electrons. The number of carbonyl (C=O) groups excluding carboxylic acids is 2. The summed E-state index contributed by atoms with van der Waals surface area (Å²) < 4.78 is 1.47. The fourth-order valence-corrected chi connectivity index (χ4v) is 4.00. The van der Waals surface area contributed by atoms with Crippen molar-refractivity contribution in [1.29, 1.82) is 5.26 Å². The summed E-state index contributed by atoms with van der Waals surface area (Å²) in [7, 11) is 0. The third-order valence-electron chi connectivity index (χ3n) is 3.53. The van der Waals surface area contributed by atoms with E-state index in [1.54, 1.807) is 24.3 Å². The van der Waals surface area contributed by atoms with E-state index in [1.807, 2.05) is 18.4 Å². The maximum atomic E-state index is 12.5. The minimum absolute atomic E-state index is 0.0304. The first-order valence-corrected chi connectivity index (χ1v) is 9.98. The van der Waals surface area contributed by atoms with E-state index in [9.17, 15) is 14.9 Å². The molecule has 1 N–H and O–H groups in total. The summed E-state index contributed by atoms with van der Waals surface area (Å²) in [6.07, 6.45) is 0. The largest absolute Gasteiger partial charge is 0.326 e. The predicted molar refractivity (Wildman–Crippen MR) is 104 cm³/mol. The Bertz CT molecular complexity index is 1050. The van der Waals surface area contributed by atoms with Crippen LogP contribution in [0.1, 0.15) is 23.5 Å². The monoisotopic (exact) mass is 413 g/mol. The molecule has 28 heavy (non-hydrogen) atoms. The lowest BCUT2D eigenvalue weighted by Gasteiger charge is -2.08. The van der Waals surface area contributed by atoms with E-state index in [-0.39, 0.29) is 17.4 Å². The smallest absolute Gasteiger partial charge is 0.221 e. The quantitative estimate of drug-likeness (QED) is 0.585. The number of nitriles is 1. The molecule has 1 unspecified atom stereocenters. The standard InChI is InChI=1S/C17H15N7O2S2/c1-10-8-27-16(19-10)14(7-18)15(26)9-28-17-21-22-23-24(17)13-5-3-4-12(6-13)20-11(2)25/h3-6,8,14H,9H2,1-2H3,(H,20,25). The molecule has 0 aliphatic heterocycles. The number of anilines is 1. The van der Waals surface area contributed by atoms with Crippen molar-refractivity contribution in [3.05, 3.63) is 40.3 Å². The van der Waals surface area contributed by atoms with Crippen molar-refractivity contribution in [2.75, 3.05) is 11.1 Å². The lowest BCUT2D eigenvalue weighted by Crippen LogP contribution is -2.14. The van der Waals surface area contributed by atoms with Crippen molar-refractivity contribution in [3.63, 3.8) is 0 Å². The molecule has 9 nitrogen and oxygen atoms in total. The van der Waals surface area contributed by atoms with Crippen LogP contribution in [0.4, 0.5) is 5.69 Å². The molecule has 3 aromatic rings. The molecule has 1 aromatic carbocycles. The number of aromatic nitrogens is 5. The highest BCUT2D eigenvalue weighted by atomic mass is 32.2. The Kier molecular flexibility index (Phi) is 6.13. The van der Waals surface area contributed by atoms with Crippen molar-refractivity contribution in [3.8, 4) is 11.8 Å². The summed E-state index contributed by atoms with van der Waals surface area (Å²) in [4.78, 5) is 28.0. The van der Waals surface area contributed by atoms with Gasteiger partial charge < -0.3 is 5.32 Å². The Morgan fingerprint density at radius 2 is 2.25 bits per heavy atom. The average Bonchev–Trinajstić information content (AvgIpc) is 3.29. The third kappa shape index (κ3) is 4.59. The fraction of sp³-hybridized carbons (Fsp3) is 0.235. The van der Waals surface area contributed by atoms with Gasteiger partial charge in [0, 0.05) is 23.7 Å². The van der Waals surface area contributed by atoms with Crippen molar-refractivity contribution in [2.45, 2.75) is 24.9 Å². The molecule has 0 spiro atoms. The molecule has 0 aliphatic rings. The number of tetrazole rings is 1. The van der Waals surface area contributed by atoms with E-state index in [2.05, 4.69) is 25.8 Å². The van der Waals surface area contributed by atoms with Crippen LogP contribution in [0.2, 0.25) is 0 Å². The number of thioether (sulfide) groups is 1. The number of nitrogens with one attached hydrogen (secondary N) is 1. The maximum Gasteiger partial charge on any atom is 0.221 e. The molecule has 0 bridgehead atoms. The van der Waals surface area contributed by atoms with Crippen molar-refractivity contribution in [2.24, 2.45) is 0 Å². The molecule has 0 saturated heterocycles. The normalized spacial score (nSPS) is 11.6. The van der Waals surface area contributed by atoms with Crippen LogP contribution in [-0.4, -0.2) is 42.6 Å². The molecular formula is C17H15N7O2S2. The number of hydrogen-bond donors (Lipinski definition) is 1. The first kappa shape index (κ1) is 19.7. The third-order valence-corrected chi connectivity index (χ3v) is 5.50. The molecule has 1 atom stereocenters. The average molecular weight is 413 g/mol.